The normalized spacial score (nSPS) is 13.4. The molecule has 2 amide bonds. The van der Waals surface area contributed by atoms with Crippen LogP contribution in [0.2, 0.25) is 0 Å². The summed E-state index contributed by atoms with van der Waals surface area (Å²) in [5, 5.41) is 5.95. The molecule has 180 valence electrons. The van der Waals surface area contributed by atoms with Crippen molar-refractivity contribution in [2.75, 3.05) is 24.7 Å². The molecule has 0 saturated heterocycles. The van der Waals surface area contributed by atoms with Crippen molar-refractivity contribution in [2.45, 2.75) is 50.8 Å². The van der Waals surface area contributed by atoms with Crippen LogP contribution in [0.15, 0.2) is 14.3 Å². The minimum absolute atomic E-state index is 0.114. The molecular formula is C20H27N4O7S2+. The number of thioether (sulfide) groups is 1. The summed E-state index contributed by atoms with van der Waals surface area (Å²) in [5.74, 6) is -0.509. The average molecular weight is 500 g/mol. The zero-order chi connectivity index (χ0) is 24.3. The van der Waals surface area contributed by atoms with Crippen molar-refractivity contribution in [3.8, 4) is 0 Å². The lowest BCUT2D eigenvalue weighted by Gasteiger charge is -2.30. The van der Waals surface area contributed by atoms with Crippen molar-refractivity contribution in [1.29, 1.82) is 0 Å². The van der Waals surface area contributed by atoms with Gasteiger partial charge in [-0.3, -0.25) is 9.32 Å². The van der Waals surface area contributed by atoms with Crippen LogP contribution in [0.25, 0.3) is 0 Å². The molecule has 2 aromatic rings. The molecular weight excluding hydrogens is 472 g/mol. The van der Waals surface area contributed by atoms with E-state index in [1.165, 1.54) is 34.9 Å². The van der Waals surface area contributed by atoms with Crippen molar-refractivity contribution in [3.05, 3.63) is 26.4 Å². The molecule has 0 fully saturated rings. The highest BCUT2D eigenvalue weighted by atomic mass is 32.2. The number of anilines is 1. The number of fused-ring (bicyclic) bond motifs is 1. The maximum absolute atomic E-state index is 12.5. The van der Waals surface area contributed by atoms with Gasteiger partial charge in [0.25, 0.3) is 0 Å². The average Bonchev–Trinajstić information content (AvgIpc) is 3.25. The molecule has 0 saturated carbocycles. The number of aromatic amines is 1. The fourth-order valence-corrected chi connectivity index (χ4v) is 5.35. The van der Waals surface area contributed by atoms with Crippen LogP contribution in [0.4, 0.5) is 9.80 Å². The van der Waals surface area contributed by atoms with Gasteiger partial charge in [0.05, 0.1) is 19.2 Å². The second-order valence-electron chi connectivity index (χ2n) is 8.34. The first kappa shape index (κ1) is 24.8. The molecule has 0 unspecified atom stereocenters. The molecule has 1 aliphatic rings. The van der Waals surface area contributed by atoms with Crippen LogP contribution in [0.5, 0.6) is 0 Å². The van der Waals surface area contributed by atoms with Crippen LogP contribution in [0, 0.1) is 0 Å². The van der Waals surface area contributed by atoms with E-state index in [0.717, 1.165) is 10.4 Å². The number of aryl methyl sites for hydroxylation is 1. The number of hydrogen-bond acceptors (Lipinski definition) is 9. The maximum atomic E-state index is 12.5. The van der Waals surface area contributed by atoms with E-state index in [-0.39, 0.29) is 18.9 Å². The van der Waals surface area contributed by atoms with Crippen LogP contribution in [-0.2, 0) is 34.3 Å². The number of aromatic nitrogens is 2. The van der Waals surface area contributed by atoms with Crippen LogP contribution in [-0.4, -0.2) is 53.1 Å². The van der Waals surface area contributed by atoms with Crippen LogP contribution < -0.4 is 15.6 Å². The number of carbonyl (C=O) groups is 3. The Labute approximate surface area is 198 Å². The molecule has 33 heavy (non-hydrogen) atoms. The predicted molar refractivity (Wildman–Crippen MR) is 120 cm³/mol. The van der Waals surface area contributed by atoms with Gasteiger partial charge in [-0.25, -0.2) is 14.4 Å². The molecule has 3 heterocycles. The van der Waals surface area contributed by atoms with Gasteiger partial charge in [0.15, 0.2) is 7.05 Å². The van der Waals surface area contributed by atoms with E-state index in [0.29, 0.717) is 34.3 Å². The maximum Gasteiger partial charge on any atom is 0.441 e. The fourth-order valence-electron chi connectivity index (χ4n) is 3.21. The summed E-state index contributed by atoms with van der Waals surface area (Å²) in [6.45, 7) is 6.08. The molecule has 2 N–H and O–H groups in total. The van der Waals surface area contributed by atoms with E-state index in [1.807, 2.05) is 0 Å². The molecule has 3 rings (SSSR count). The summed E-state index contributed by atoms with van der Waals surface area (Å²) < 4.78 is 16.5. The fraction of sp³-hybridized carbons (Fsp3) is 0.550. The van der Waals surface area contributed by atoms with E-state index in [2.05, 4.69) is 15.1 Å². The quantitative estimate of drug-likeness (QED) is 0.350. The molecule has 13 heteroatoms. The smallest absolute Gasteiger partial charge is 0.441 e. The number of nitrogens with one attached hydrogen (secondary N) is 2. The van der Waals surface area contributed by atoms with E-state index in [4.69, 9.17) is 9.47 Å². The lowest BCUT2D eigenvalue weighted by atomic mass is 10.0. The van der Waals surface area contributed by atoms with Gasteiger partial charge in [0.1, 0.15) is 10.6 Å². The third kappa shape index (κ3) is 5.96. The zero-order valence-electron chi connectivity index (χ0n) is 19.1. The minimum Gasteiger partial charge on any atom is -0.465 e. The standard InChI is InChI=1S/C20H26N4O7S2/c1-20(2,3)30-19(28)24-8-6-11-12(10-24)33-15(14(11)17(26)29-5)21-13(25)7-9-32-16-18(27)31-22-23(16)4/h6-10H2,1-5H3,(H-,21,22,25,26,27)/p+1. The van der Waals surface area contributed by atoms with Gasteiger partial charge in [-0.2, -0.15) is 0 Å². The van der Waals surface area contributed by atoms with Crippen LogP contribution in [0.1, 0.15) is 48.0 Å². The number of ether oxygens (including phenoxy) is 2. The second-order valence-corrected chi connectivity index (χ2v) is 10.5. The molecule has 0 atom stereocenters. The van der Waals surface area contributed by atoms with Gasteiger partial charge in [-0.1, -0.05) is 4.68 Å². The Morgan fingerprint density at radius 3 is 2.67 bits per heavy atom. The molecule has 0 aliphatic carbocycles. The summed E-state index contributed by atoms with van der Waals surface area (Å²) in [6.07, 6.45) is 0.134. The van der Waals surface area contributed by atoms with E-state index in [9.17, 15) is 19.2 Å². The number of esters is 1. The van der Waals surface area contributed by atoms with Gasteiger partial charge in [0, 0.05) is 23.6 Å². The first-order valence-electron chi connectivity index (χ1n) is 10.2. The van der Waals surface area contributed by atoms with E-state index < -0.39 is 23.3 Å². The Morgan fingerprint density at radius 1 is 1.33 bits per heavy atom. The van der Waals surface area contributed by atoms with E-state index in [1.54, 1.807) is 32.7 Å². The zero-order valence-corrected chi connectivity index (χ0v) is 20.7. The SMILES string of the molecule is COC(=O)c1c(NC(=O)CCSc2c(=O)o[nH][n+]2C)sc2c1CCN(C(=O)OC(C)(C)C)C2. The highest BCUT2D eigenvalue weighted by Gasteiger charge is 2.32. The van der Waals surface area contributed by atoms with Gasteiger partial charge in [-0.05, 0) is 49.8 Å². The largest absolute Gasteiger partial charge is 0.465 e. The third-order valence-electron chi connectivity index (χ3n) is 4.67. The summed E-state index contributed by atoms with van der Waals surface area (Å²) >= 11 is 2.43. The number of rotatable bonds is 6. The van der Waals surface area contributed by atoms with Crippen LogP contribution in [0.3, 0.4) is 0 Å². The van der Waals surface area contributed by atoms with Gasteiger partial charge in [-0.15, -0.1) is 11.3 Å². The Balaban J connectivity index is 1.70. The first-order chi connectivity index (χ1) is 15.5. The molecule has 1 aliphatic heterocycles. The van der Waals surface area contributed by atoms with Gasteiger partial charge < -0.3 is 19.7 Å². The number of thiophene rings is 1. The first-order valence-corrected chi connectivity index (χ1v) is 12.0. The number of carbonyl (C=O) groups excluding carboxylic acids is 3. The van der Waals surface area contributed by atoms with Gasteiger partial charge in [0.2, 0.25) is 5.91 Å². The predicted octanol–water partition coefficient (Wildman–Crippen LogP) is 2.05. The molecule has 0 radical (unpaired) electrons. The summed E-state index contributed by atoms with van der Waals surface area (Å²) in [7, 11) is 2.92. The lowest BCUT2D eigenvalue weighted by molar-refractivity contribution is -0.772. The highest BCUT2D eigenvalue weighted by molar-refractivity contribution is 7.99. The van der Waals surface area contributed by atoms with Gasteiger partial charge >= 0.3 is 22.7 Å². The number of nitrogens with zero attached hydrogens (tertiary/aromatic N) is 2. The van der Waals surface area contributed by atoms with Crippen molar-refractivity contribution < 1.29 is 33.1 Å². The second kappa shape index (κ2) is 10.00. The topological polar surface area (TPSA) is 135 Å². The number of H-pyrrole nitrogens is 1. The monoisotopic (exact) mass is 499 g/mol. The Bertz CT molecular complexity index is 1110. The summed E-state index contributed by atoms with van der Waals surface area (Å²) in [4.78, 5) is 51.4. The van der Waals surface area contributed by atoms with Crippen LogP contribution >= 0.6 is 23.1 Å². The Hall–Kier alpha value is -2.80. The van der Waals surface area contributed by atoms with Crippen molar-refractivity contribution in [1.82, 2.24) is 10.2 Å². The van der Waals surface area contributed by atoms with Crippen molar-refractivity contribution in [3.63, 3.8) is 0 Å². The molecule has 0 aromatic carbocycles. The minimum atomic E-state index is -0.612. The molecule has 0 spiro atoms. The van der Waals surface area contributed by atoms with Crippen molar-refractivity contribution in [2.24, 2.45) is 7.05 Å². The van der Waals surface area contributed by atoms with E-state index >= 15 is 0 Å². The number of methoxy groups -OCH3 is 1. The lowest BCUT2D eigenvalue weighted by Crippen LogP contribution is -2.39. The molecule has 0 bridgehead atoms. The summed E-state index contributed by atoms with van der Waals surface area (Å²) in [6, 6.07) is 0. The highest BCUT2D eigenvalue weighted by Crippen LogP contribution is 2.38. The Kier molecular flexibility index (Phi) is 7.52. The number of amides is 2. The molecule has 11 nitrogen and oxygen atoms in total. The number of hydrogen-bond donors (Lipinski definition) is 2. The van der Waals surface area contributed by atoms with Crippen molar-refractivity contribution >= 4 is 46.1 Å². The third-order valence-corrected chi connectivity index (χ3v) is 6.93. The summed E-state index contributed by atoms with van der Waals surface area (Å²) in [5.41, 5.74) is -0.0239. The molecule has 2 aromatic heterocycles. The Morgan fingerprint density at radius 2 is 2.06 bits per heavy atom.